The van der Waals surface area contributed by atoms with Crippen molar-refractivity contribution in [2.45, 2.75) is 30.8 Å². The molecule has 2 aliphatic heterocycles. The zero-order valence-corrected chi connectivity index (χ0v) is 13.3. The Labute approximate surface area is 134 Å². The largest absolute Gasteiger partial charge is 0.387 e. The van der Waals surface area contributed by atoms with Crippen LogP contribution < -0.4 is 0 Å². The van der Waals surface area contributed by atoms with Gasteiger partial charge >= 0.3 is 0 Å². The van der Waals surface area contributed by atoms with Crippen LogP contribution in [0, 0.1) is 0 Å². The fourth-order valence-corrected chi connectivity index (χ4v) is 3.46. The number of rotatable bonds is 3. The third-order valence-electron chi connectivity index (χ3n) is 4.89. The van der Waals surface area contributed by atoms with Gasteiger partial charge in [0.25, 0.3) is 11.8 Å². The van der Waals surface area contributed by atoms with Gasteiger partial charge < -0.3 is 14.6 Å². The highest BCUT2D eigenvalue weighted by molar-refractivity contribution is 5.93. The molecular formula is C16H23F2N3O2. The Bertz CT molecular complexity index is 580. The van der Waals surface area contributed by atoms with Crippen LogP contribution in [-0.2, 0) is 7.05 Å². The Morgan fingerprint density at radius 3 is 2.57 bits per heavy atom. The van der Waals surface area contributed by atoms with E-state index < -0.39 is 11.5 Å². The number of nitrogens with zero attached hydrogens (tertiary/aromatic N) is 3. The zero-order valence-electron chi connectivity index (χ0n) is 13.3. The molecule has 23 heavy (non-hydrogen) atoms. The van der Waals surface area contributed by atoms with Crippen LogP contribution in [0.4, 0.5) is 8.78 Å². The molecule has 128 valence electrons. The van der Waals surface area contributed by atoms with Crippen LogP contribution in [0.5, 0.6) is 0 Å². The third-order valence-corrected chi connectivity index (χ3v) is 4.89. The van der Waals surface area contributed by atoms with Crippen molar-refractivity contribution < 1.29 is 18.7 Å². The van der Waals surface area contributed by atoms with Gasteiger partial charge in [0.05, 0.1) is 12.1 Å². The third kappa shape index (κ3) is 3.55. The Balaban J connectivity index is 1.58. The highest BCUT2D eigenvalue weighted by Gasteiger charge is 2.42. The highest BCUT2D eigenvalue weighted by Crippen LogP contribution is 2.30. The molecule has 0 unspecified atom stereocenters. The van der Waals surface area contributed by atoms with Gasteiger partial charge in [0, 0.05) is 52.3 Å². The fraction of sp³-hybridized carbons (Fsp3) is 0.688. The summed E-state index contributed by atoms with van der Waals surface area (Å²) in [6, 6.07) is 3.57. The zero-order chi connectivity index (χ0) is 16.7. The molecule has 1 aromatic rings. The number of hydrogen-bond acceptors (Lipinski definition) is 3. The number of halogens is 2. The summed E-state index contributed by atoms with van der Waals surface area (Å²) >= 11 is 0. The van der Waals surface area contributed by atoms with Crippen molar-refractivity contribution in [3.8, 4) is 0 Å². The number of β-amino-alcohol motifs (C(OH)–C–C–N with tert-alkyl or cyclic N) is 1. The summed E-state index contributed by atoms with van der Waals surface area (Å²) < 4.78 is 28.2. The highest BCUT2D eigenvalue weighted by atomic mass is 19.3. The molecular weight excluding hydrogens is 304 g/mol. The van der Waals surface area contributed by atoms with E-state index in [1.807, 2.05) is 24.2 Å². The van der Waals surface area contributed by atoms with E-state index in [0.717, 1.165) is 0 Å². The van der Waals surface area contributed by atoms with Crippen LogP contribution in [-0.4, -0.2) is 69.6 Å². The van der Waals surface area contributed by atoms with Gasteiger partial charge in [-0.1, -0.05) is 0 Å². The quantitative estimate of drug-likeness (QED) is 0.911. The number of piperidine rings is 1. The fourth-order valence-electron chi connectivity index (χ4n) is 3.46. The van der Waals surface area contributed by atoms with E-state index >= 15 is 0 Å². The second kappa shape index (κ2) is 5.87. The first kappa shape index (κ1) is 16.4. The number of alkyl halides is 2. The summed E-state index contributed by atoms with van der Waals surface area (Å²) in [4.78, 5) is 16.0. The van der Waals surface area contributed by atoms with Crippen molar-refractivity contribution in [2.24, 2.45) is 7.05 Å². The number of aryl methyl sites for hydroxylation is 1. The summed E-state index contributed by atoms with van der Waals surface area (Å²) in [6.45, 7) is 1.68. The molecule has 1 atom stereocenters. The van der Waals surface area contributed by atoms with Crippen LogP contribution in [0.25, 0.3) is 0 Å². The molecule has 0 radical (unpaired) electrons. The van der Waals surface area contributed by atoms with Gasteiger partial charge in [-0.15, -0.1) is 0 Å². The summed E-state index contributed by atoms with van der Waals surface area (Å²) in [5.41, 5.74) is -0.417. The first-order valence-corrected chi connectivity index (χ1v) is 8.01. The first-order valence-electron chi connectivity index (χ1n) is 8.01. The Kier molecular flexibility index (Phi) is 4.18. The molecule has 3 heterocycles. The van der Waals surface area contributed by atoms with E-state index in [2.05, 4.69) is 0 Å². The molecule has 2 aliphatic rings. The molecule has 0 saturated carbocycles. The molecule has 7 heteroatoms. The van der Waals surface area contributed by atoms with E-state index in [9.17, 15) is 18.7 Å². The topological polar surface area (TPSA) is 48.7 Å². The van der Waals surface area contributed by atoms with E-state index in [-0.39, 0.29) is 25.3 Å². The van der Waals surface area contributed by atoms with E-state index in [1.54, 1.807) is 15.5 Å². The van der Waals surface area contributed by atoms with Crippen LogP contribution in [0.3, 0.4) is 0 Å². The summed E-state index contributed by atoms with van der Waals surface area (Å²) in [6.07, 6.45) is 1.98. The standard InChI is InChI=1S/C16H23F2N3O2/c1-19-7-2-3-13(19)14(22)21-10-4-15(23,12-21)11-20-8-5-16(17,18)6-9-20/h2-3,7,23H,4-6,8-12H2,1H3/t15-/m1/s1. The Hall–Kier alpha value is -1.47. The number of carbonyl (C=O) groups excluding carboxylic acids is 1. The van der Waals surface area contributed by atoms with Crippen molar-refractivity contribution in [3.05, 3.63) is 24.0 Å². The van der Waals surface area contributed by atoms with Gasteiger partial charge in [0.2, 0.25) is 0 Å². The summed E-state index contributed by atoms with van der Waals surface area (Å²) in [7, 11) is 1.81. The van der Waals surface area contributed by atoms with Gasteiger partial charge in [-0.05, 0) is 18.6 Å². The number of aliphatic hydroxyl groups is 1. The maximum Gasteiger partial charge on any atom is 0.270 e. The van der Waals surface area contributed by atoms with Crippen LogP contribution in [0.1, 0.15) is 29.8 Å². The van der Waals surface area contributed by atoms with E-state index in [4.69, 9.17) is 0 Å². The number of aromatic nitrogens is 1. The minimum absolute atomic E-state index is 0.0985. The first-order chi connectivity index (χ1) is 10.8. The van der Waals surface area contributed by atoms with Crippen LogP contribution >= 0.6 is 0 Å². The number of amides is 1. The lowest BCUT2D eigenvalue weighted by Gasteiger charge is -2.36. The van der Waals surface area contributed by atoms with Crippen molar-refractivity contribution in [3.63, 3.8) is 0 Å². The predicted octanol–water partition coefficient (Wildman–Crippen LogP) is 1.33. The van der Waals surface area contributed by atoms with Crippen molar-refractivity contribution in [2.75, 3.05) is 32.7 Å². The Morgan fingerprint density at radius 2 is 1.96 bits per heavy atom. The monoisotopic (exact) mass is 327 g/mol. The van der Waals surface area contributed by atoms with Gasteiger partial charge in [-0.25, -0.2) is 8.78 Å². The molecule has 1 aromatic heterocycles. The van der Waals surface area contributed by atoms with Gasteiger partial charge in [-0.2, -0.15) is 0 Å². The molecule has 2 saturated heterocycles. The normalized spacial score (nSPS) is 28.3. The van der Waals surface area contributed by atoms with Gasteiger partial charge in [0.15, 0.2) is 0 Å². The predicted molar refractivity (Wildman–Crippen MR) is 81.5 cm³/mol. The van der Waals surface area contributed by atoms with E-state index in [0.29, 0.717) is 38.3 Å². The smallest absolute Gasteiger partial charge is 0.270 e. The number of hydrogen-bond donors (Lipinski definition) is 1. The lowest BCUT2D eigenvalue weighted by molar-refractivity contribution is -0.0720. The molecule has 3 rings (SSSR count). The summed E-state index contributed by atoms with van der Waals surface area (Å²) in [5.74, 6) is -2.68. The van der Waals surface area contributed by atoms with Gasteiger partial charge in [0.1, 0.15) is 5.69 Å². The average Bonchev–Trinajstić information content (AvgIpc) is 3.07. The second-order valence-electron chi connectivity index (χ2n) is 6.84. The molecule has 0 aliphatic carbocycles. The molecule has 1 amide bonds. The molecule has 0 spiro atoms. The van der Waals surface area contributed by atoms with Crippen molar-refractivity contribution in [1.29, 1.82) is 0 Å². The molecule has 0 aromatic carbocycles. The SMILES string of the molecule is Cn1cccc1C(=O)N1CC[C@@](O)(CN2CCC(F)(F)CC2)C1. The lowest BCUT2D eigenvalue weighted by Crippen LogP contribution is -2.49. The maximum atomic E-state index is 13.2. The molecule has 2 fully saturated rings. The molecule has 5 nitrogen and oxygen atoms in total. The molecule has 1 N–H and O–H groups in total. The van der Waals surface area contributed by atoms with Crippen molar-refractivity contribution >= 4 is 5.91 Å². The van der Waals surface area contributed by atoms with Crippen molar-refractivity contribution in [1.82, 2.24) is 14.4 Å². The average molecular weight is 327 g/mol. The summed E-state index contributed by atoms with van der Waals surface area (Å²) in [5, 5.41) is 10.7. The lowest BCUT2D eigenvalue weighted by atomic mass is 10.00. The van der Waals surface area contributed by atoms with Crippen LogP contribution in [0.15, 0.2) is 18.3 Å². The number of carbonyl (C=O) groups is 1. The number of likely N-dealkylation sites (tertiary alicyclic amines) is 2. The van der Waals surface area contributed by atoms with E-state index in [1.165, 1.54) is 0 Å². The molecule has 0 bridgehead atoms. The minimum Gasteiger partial charge on any atom is -0.387 e. The van der Waals surface area contributed by atoms with Crippen LogP contribution in [0.2, 0.25) is 0 Å². The maximum absolute atomic E-state index is 13.2. The second-order valence-corrected chi connectivity index (χ2v) is 6.84. The van der Waals surface area contributed by atoms with Gasteiger partial charge in [-0.3, -0.25) is 9.69 Å². The Morgan fingerprint density at radius 1 is 1.26 bits per heavy atom. The minimum atomic E-state index is -2.58.